The van der Waals surface area contributed by atoms with E-state index in [4.69, 9.17) is 16.7 Å². The fourth-order valence-corrected chi connectivity index (χ4v) is 3.06. The van der Waals surface area contributed by atoms with Crippen molar-refractivity contribution in [1.82, 2.24) is 4.90 Å². The Labute approximate surface area is 138 Å². The van der Waals surface area contributed by atoms with Gasteiger partial charge >= 0.3 is 5.97 Å². The Balaban J connectivity index is 2.22. The number of aliphatic carboxylic acids is 1. The lowest BCUT2D eigenvalue weighted by atomic mass is 9.97. The summed E-state index contributed by atoms with van der Waals surface area (Å²) >= 11 is 5.86. The Morgan fingerprint density at radius 2 is 2.09 bits per heavy atom. The molecule has 0 aromatic heterocycles. The number of halogens is 1. The van der Waals surface area contributed by atoms with Crippen LogP contribution in [0.4, 0.5) is 5.69 Å². The summed E-state index contributed by atoms with van der Waals surface area (Å²) in [6.45, 7) is 0.517. The molecule has 1 N–H and O–H groups in total. The number of nitrogens with zero attached hydrogens (tertiary/aromatic N) is 2. The lowest BCUT2D eigenvalue weighted by Gasteiger charge is -2.35. The van der Waals surface area contributed by atoms with Gasteiger partial charge < -0.3 is 10.0 Å². The van der Waals surface area contributed by atoms with Crippen molar-refractivity contribution in [3.05, 3.63) is 38.9 Å². The predicted molar refractivity (Wildman–Crippen MR) is 83.7 cm³/mol. The van der Waals surface area contributed by atoms with Gasteiger partial charge in [-0.1, -0.05) is 11.6 Å². The largest absolute Gasteiger partial charge is 0.481 e. The van der Waals surface area contributed by atoms with Gasteiger partial charge in [0.05, 0.1) is 4.92 Å². The molecule has 1 aromatic rings. The number of amides is 1. The Morgan fingerprint density at radius 1 is 1.35 bits per heavy atom. The monoisotopic (exact) mass is 340 g/mol. The molecule has 8 heteroatoms. The van der Waals surface area contributed by atoms with Crippen molar-refractivity contribution in [2.75, 3.05) is 6.54 Å². The smallest absolute Gasteiger partial charge is 0.303 e. The quantitative estimate of drug-likeness (QED) is 0.655. The van der Waals surface area contributed by atoms with E-state index in [1.165, 1.54) is 18.2 Å². The van der Waals surface area contributed by atoms with Gasteiger partial charge in [0.15, 0.2) is 0 Å². The molecule has 0 spiro atoms. The summed E-state index contributed by atoms with van der Waals surface area (Å²) in [6.07, 6.45) is 2.87. The molecule has 124 valence electrons. The zero-order valence-electron chi connectivity index (χ0n) is 12.4. The van der Waals surface area contributed by atoms with Crippen molar-refractivity contribution >= 4 is 29.2 Å². The highest BCUT2D eigenvalue weighted by Gasteiger charge is 2.28. The summed E-state index contributed by atoms with van der Waals surface area (Å²) in [5.41, 5.74) is -0.0774. The molecule has 23 heavy (non-hydrogen) atoms. The Hall–Kier alpha value is -2.15. The van der Waals surface area contributed by atoms with Crippen molar-refractivity contribution in [2.45, 2.75) is 38.1 Å². The van der Waals surface area contributed by atoms with Gasteiger partial charge in [0, 0.05) is 41.7 Å². The second-order valence-corrected chi connectivity index (χ2v) is 5.97. The van der Waals surface area contributed by atoms with Gasteiger partial charge in [-0.05, 0) is 31.7 Å². The Bertz CT molecular complexity index is 634. The maximum Gasteiger partial charge on any atom is 0.303 e. The molecule has 1 aliphatic heterocycles. The summed E-state index contributed by atoms with van der Waals surface area (Å²) in [5.74, 6) is -1.24. The minimum Gasteiger partial charge on any atom is -0.481 e. The first-order valence-corrected chi connectivity index (χ1v) is 7.74. The molecule has 0 aliphatic carbocycles. The molecular weight excluding hydrogens is 324 g/mol. The number of non-ortho nitro benzene ring substituents is 1. The highest BCUT2D eigenvalue weighted by Crippen LogP contribution is 2.26. The Kier molecular flexibility index (Phi) is 5.54. The number of piperidine rings is 1. The number of carbonyl (C=O) groups is 2. The van der Waals surface area contributed by atoms with Crippen molar-refractivity contribution in [3.8, 4) is 0 Å². The number of hydrogen-bond acceptors (Lipinski definition) is 4. The summed E-state index contributed by atoms with van der Waals surface area (Å²) in [7, 11) is 0. The molecule has 1 atom stereocenters. The number of carboxylic acids is 1. The van der Waals surface area contributed by atoms with E-state index in [2.05, 4.69) is 0 Å². The lowest BCUT2D eigenvalue weighted by Crippen LogP contribution is -2.44. The number of carbonyl (C=O) groups excluding carboxylic acids is 1. The number of nitro benzene ring substituents is 1. The van der Waals surface area contributed by atoms with Crippen LogP contribution in [0, 0.1) is 10.1 Å². The SMILES string of the molecule is O=C(O)CCC1CCCCN1C(=O)c1cc(Cl)cc([N+](=O)[O-])c1. The minimum absolute atomic E-state index is 0.00978. The fraction of sp³-hybridized carbons (Fsp3) is 0.467. The first-order valence-electron chi connectivity index (χ1n) is 7.36. The average Bonchev–Trinajstić information content (AvgIpc) is 2.51. The third kappa shape index (κ3) is 4.41. The lowest BCUT2D eigenvalue weighted by molar-refractivity contribution is -0.384. The van der Waals surface area contributed by atoms with Gasteiger partial charge in [0.25, 0.3) is 11.6 Å². The first-order chi connectivity index (χ1) is 10.9. The van der Waals surface area contributed by atoms with Crippen LogP contribution in [-0.4, -0.2) is 39.4 Å². The number of carboxylic acid groups (broad SMARTS) is 1. The third-order valence-electron chi connectivity index (χ3n) is 3.92. The molecule has 2 rings (SSSR count). The molecule has 1 unspecified atom stereocenters. The van der Waals surface area contributed by atoms with E-state index in [1.54, 1.807) is 4.90 Å². The Morgan fingerprint density at radius 3 is 2.74 bits per heavy atom. The fourth-order valence-electron chi connectivity index (χ4n) is 2.83. The van der Waals surface area contributed by atoms with E-state index in [0.29, 0.717) is 13.0 Å². The average molecular weight is 341 g/mol. The van der Waals surface area contributed by atoms with Crippen LogP contribution in [0.3, 0.4) is 0 Å². The molecule has 1 saturated heterocycles. The maximum absolute atomic E-state index is 12.7. The summed E-state index contributed by atoms with van der Waals surface area (Å²) in [5, 5.41) is 19.9. The molecule has 1 heterocycles. The molecule has 1 fully saturated rings. The van der Waals surface area contributed by atoms with E-state index < -0.39 is 10.9 Å². The van der Waals surface area contributed by atoms with Gasteiger partial charge in [-0.2, -0.15) is 0 Å². The summed E-state index contributed by atoms with van der Waals surface area (Å²) in [6, 6.07) is 3.64. The molecule has 0 bridgehead atoms. The van der Waals surface area contributed by atoms with E-state index in [-0.39, 0.29) is 34.6 Å². The second-order valence-electron chi connectivity index (χ2n) is 5.54. The van der Waals surface area contributed by atoms with E-state index in [0.717, 1.165) is 19.3 Å². The summed E-state index contributed by atoms with van der Waals surface area (Å²) in [4.78, 5) is 35.4. The normalized spacial score (nSPS) is 17.8. The van der Waals surface area contributed by atoms with E-state index in [9.17, 15) is 19.7 Å². The van der Waals surface area contributed by atoms with Crippen LogP contribution in [0.1, 0.15) is 42.5 Å². The molecular formula is C15H17ClN2O5. The minimum atomic E-state index is -0.902. The first kappa shape index (κ1) is 17.2. The second kappa shape index (κ2) is 7.41. The zero-order valence-corrected chi connectivity index (χ0v) is 13.2. The van der Waals surface area contributed by atoms with Crippen molar-refractivity contribution < 1.29 is 19.6 Å². The number of nitro groups is 1. The van der Waals surface area contributed by atoms with Crippen LogP contribution in [0.15, 0.2) is 18.2 Å². The van der Waals surface area contributed by atoms with Crippen LogP contribution >= 0.6 is 11.6 Å². The van der Waals surface area contributed by atoms with Gasteiger partial charge in [0.2, 0.25) is 0 Å². The molecule has 1 aromatic carbocycles. The standard InChI is InChI=1S/C15H17ClN2O5/c16-11-7-10(8-13(9-11)18(22)23)15(21)17-6-2-1-3-12(17)4-5-14(19)20/h7-9,12H,1-6H2,(H,19,20). The number of likely N-dealkylation sites (tertiary alicyclic amines) is 1. The molecule has 0 radical (unpaired) electrons. The summed E-state index contributed by atoms with van der Waals surface area (Å²) < 4.78 is 0. The van der Waals surface area contributed by atoms with Crippen LogP contribution in [-0.2, 0) is 4.79 Å². The van der Waals surface area contributed by atoms with E-state index in [1.807, 2.05) is 0 Å². The number of rotatable bonds is 5. The number of hydrogen-bond donors (Lipinski definition) is 1. The van der Waals surface area contributed by atoms with Crippen LogP contribution < -0.4 is 0 Å². The third-order valence-corrected chi connectivity index (χ3v) is 4.14. The zero-order chi connectivity index (χ0) is 17.0. The predicted octanol–water partition coefficient (Wildman–Crippen LogP) is 3.11. The van der Waals surface area contributed by atoms with Crippen LogP contribution in [0.5, 0.6) is 0 Å². The highest BCUT2D eigenvalue weighted by molar-refractivity contribution is 6.31. The van der Waals surface area contributed by atoms with Gasteiger partial charge in [-0.3, -0.25) is 19.7 Å². The maximum atomic E-state index is 12.7. The molecule has 1 amide bonds. The highest BCUT2D eigenvalue weighted by atomic mass is 35.5. The molecule has 0 saturated carbocycles. The van der Waals surface area contributed by atoms with Gasteiger partial charge in [0.1, 0.15) is 0 Å². The van der Waals surface area contributed by atoms with Gasteiger partial charge in [-0.15, -0.1) is 0 Å². The van der Waals surface area contributed by atoms with Gasteiger partial charge in [-0.25, -0.2) is 0 Å². The van der Waals surface area contributed by atoms with Crippen molar-refractivity contribution in [3.63, 3.8) is 0 Å². The molecule has 1 aliphatic rings. The van der Waals surface area contributed by atoms with Crippen LogP contribution in [0.2, 0.25) is 5.02 Å². The van der Waals surface area contributed by atoms with Crippen molar-refractivity contribution in [2.24, 2.45) is 0 Å². The number of benzene rings is 1. The van der Waals surface area contributed by atoms with E-state index >= 15 is 0 Å². The van der Waals surface area contributed by atoms with Crippen LogP contribution in [0.25, 0.3) is 0 Å². The topological polar surface area (TPSA) is 101 Å². The van der Waals surface area contributed by atoms with Crippen molar-refractivity contribution in [1.29, 1.82) is 0 Å². The molecule has 7 nitrogen and oxygen atoms in total.